The Morgan fingerprint density at radius 3 is 2.37 bits per heavy atom. The third kappa shape index (κ3) is 5.95. The Hall–Kier alpha value is -3.51. The summed E-state index contributed by atoms with van der Waals surface area (Å²) in [7, 11) is 3.30. The summed E-state index contributed by atoms with van der Waals surface area (Å²) in [6, 6.07) is 20.5. The lowest BCUT2D eigenvalue weighted by molar-refractivity contribution is -0.127. The number of benzene rings is 3. The largest absolute Gasteiger partial charge is 0.496 e. The molecule has 1 amide bonds. The number of nitrogens with one attached hydrogen (secondary N) is 1. The van der Waals surface area contributed by atoms with Crippen LogP contribution in [-0.4, -0.2) is 44.7 Å². The molecule has 1 aliphatic heterocycles. The second-order valence-electron chi connectivity index (χ2n) is 8.71. The monoisotopic (exact) mass is 474 g/mol. The maximum atomic E-state index is 11.8. The molecule has 1 saturated heterocycles. The van der Waals surface area contributed by atoms with Gasteiger partial charge in [-0.3, -0.25) is 4.79 Å². The summed E-state index contributed by atoms with van der Waals surface area (Å²) >= 11 is 0. The Morgan fingerprint density at radius 1 is 0.971 bits per heavy atom. The number of rotatable bonds is 11. The Balaban J connectivity index is 1.43. The molecule has 0 spiro atoms. The van der Waals surface area contributed by atoms with Crippen molar-refractivity contribution >= 4 is 5.91 Å². The van der Waals surface area contributed by atoms with Crippen LogP contribution in [0.1, 0.15) is 29.5 Å². The van der Waals surface area contributed by atoms with Crippen LogP contribution in [0.3, 0.4) is 0 Å². The summed E-state index contributed by atoms with van der Waals surface area (Å²) in [5, 5.41) is 3.41. The van der Waals surface area contributed by atoms with Crippen LogP contribution in [0.2, 0.25) is 0 Å². The molecule has 4 rings (SSSR count). The predicted molar refractivity (Wildman–Crippen MR) is 138 cm³/mol. The maximum absolute atomic E-state index is 11.8. The van der Waals surface area contributed by atoms with Gasteiger partial charge in [0.1, 0.15) is 23.9 Å². The highest BCUT2D eigenvalue weighted by Crippen LogP contribution is 2.35. The number of hydrogen-bond donors (Lipinski definition) is 1. The van der Waals surface area contributed by atoms with E-state index in [0.29, 0.717) is 49.9 Å². The molecule has 0 atom stereocenters. The van der Waals surface area contributed by atoms with Crippen molar-refractivity contribution in [1.29, 1.82) is 0 Å². The van der Waals surface area contributed by atoms with E-state index >= 15 is 0 Å². The maximum Gasteiger partial charge on any atom is 0.222 e. The van der Waals surface area contributed by atoms with E-state index in [1.165, 1.54) is 16.7 Å². The highest BCUT2D eigenvalue weighted by Gasteiger charge is 2.19. The third-order valence-electron chi connectivity index (χ3n) is 6.54. The molecule has 1 aliphatic rings. The fraction of sp³-hybridized carbons (Fsp3) is 0.345. The van der Waals surface area contributed by atoms with E-state index in [9.17, 15) is 4.79 Å². The number of methoxy groups -OCH3 is 2. The van der Waals surface area contributed by atoms with E-state index in [2.05, 4.69) is 54.7 Å². The summed E-state index contributed by atoms with van der Waals surface area (Å²) < 4.78 is 17.5. The number of amides is 1. The van der Waals surface area contributed by atoms with Gasteiger partial charge in [-0.15, -0.1) is 0 Å². The highest BCUT2D eigenvalue weighted by molar-refractivity contribution is 5.78. The fourth-order valence-corrected chi connectivity index (χ4v) is 4.52. The van der Waals surface area contributed by atoms with E-state index in [1.807, 2.05) is 23.1 Å². The number of ether oxygens (including phenoxy) is 3. The van der Waals surface area contributed by atoms with Crippen LogP contribution in [-0.2, 0) is 17.9 Å². The molecule has 0 aromatic heterocycles. The third-order valence-corrected chi connectivity index (χ3v) is 6.54. The molecule has 6 heteroatoms. The molecule has 0 unspecified atom stereocenters. The number of carbonyl (C=O) groups excluding carboxylic acids is 1. The van der Waals surface area contributed by atoms with Crippen LogP contribution in [0.4, 0.5) is 0 Å². The van der Waals surface area contributed by atoms with Crippen molar-refractivity contribution in [3.05, 3.63) is 77.4 Å². The number of likely N-dealkylation sites (tertiary alicyclic amines) is 1. The van der Waals surface area contributed by atoms with E-state index in [0.717, 1.165) is 24.1 Å². The molecule has 1 heterocycles. The van der Waals surface area contributed by atoms with Gasteiger partial charge in [0.15, 0.2) is 0 Å². The van der Waals surface area contributed by atoms with Crippen LogP contribution in [0, 0.1) is 6.92 Å². The van der Waals surface area contributed by atoms with E-state index in [-0.39, 0.29) is 5.91 Å². The standard InChI is InChI=1S/C29H34N2O4/c1-21-23(11-7-12-25(21)22-9-5-4-6-10-22)20-35-24-17-27(33-2)26(28(18-24)34-3)19-30-14-16-31-15-8-13-29(31)32/h4-7,9-12,17-18,30H,8,13-16,19-20H2,1-3H3. The summed E-state index contributed by atoms with van der Waals surface area (Å²) in [4.78, 5) is 13.7. The summed E-state index contributed by atoms with van der Waals surface area (Å²) in [5.74, 6) is 2.35. The molecule has 0 radical (unpaired) electrons. The molecule has 1 N–H and O–H groups in total. The van der Waals surface area contributed by atoms with Crippen molar-refractivity contribution in [3.8, 4) is 28.4 Å². The molecule has 1 fully saturated rings. The van der Waals surface area contributed by atoms with Gasteiger partial charge in [-0.25, -0.2) is 0 Å². The zero-order valence-corrected chi connectivity index (χ0v) is 20.8. The highest BCUT2D eigenvalue weighted by atomic mass is 16.5. The second kappa shape index (κ2) is 11.8. The average molecular weight is 475 g/mol. The number of carbonyl (C=O) groups is 1. The molecule has 0 aliphatic carbocycles. The van der Waals surface area contributed by atoms with Gasteiger partial charge in [0, 0.05) is 44.7 Å². The van der Waals surface area contributed by atoms with Gasteiger partial charge < -0.3 is 24.4 Å². The predicted octanol–water partition coefficient (Wildman–Crippen LogP) is 4.97. The minimum Gasteiger partial charge on any atom is -0.496 e. The van der Waals surface area contributed by atoms with E-state index in [1.54, 1.807) is 14.2 Å². The van der Waals surface area contributed by atoms with Crippen molar-refractivity contribution < 1.29 is 19.0 Å². The summed E-state index contributed by atoms with van der Waals surface area (Å²) in [6.07, 6.45) is 1.62. The van der Waals surface area contributed by atoms with Gasteiger partial charge in [-0.1, -0.05) is 48.5 Å². The van der Waals surface area contributed by atoms with E-state index < -0.39 is 0 Å². The lowest BCUT2D eigenvalue weighted by Gasteiger charge is -2.19. The molecule has 0 saturated carbocycles. The van der Waals surface area contributed by atoms with E-state index in [4.69, 9.17) is 14.2 Å². The van der Waals surface area contributed by atoms with Crippen LogP contribution in [0.5, 0.6) is 17.2 Å². The number of hydrogen-bond acceptors (Lipinski definition) is 5. The normalized spacial score (nSPS) is 13.2. The lowest BCUT2D eigenvalue weighted by Crippen LogP contribution is -2.32. The first-order valence-corrected chi connectivity index (χ1v) is 12.1. The fourth-order valence-electron chi connectivity index (χ4n) is 4.52. The molecular formula is C29H34N2O4. The lowest BCUT2D eigenvalue weighted by atomic mass is 9.97. The Morgan fingerprint density at radius 2 is 1.71 bits per heavy atom. The van der Waals surface area contributed by atoms with Gasteiger partial charge in [0.2, 0.25) is 5.91 Å². The summed E-state index contributed by atoms with van der Waals surface area (Å²) in [5.41, 5.74) is 5.67. The average Bonchev–Trinajstić information content (AvgIpc) is 3.30. The first-order chi connectivity index (χ1) is 17.1. The van der Waals surface area contributed by atoms with Gasteiger partial charge >= 0.3 is 0 Å². The first kappa shape index (κ1) is 24.6. The topological polar surface area (TPSA) is 60.0 Å². The van der Waals surface area contributed by atoms with Crippen LogP contribution in [0.15, 0.2) is 60.7 Å². The SMILES string of the molecule is COc1cc(OCc2cccc(-c3ccccc3)c2C)cc(OC)c1CNCCN1CCCC1=O. The zero-order valence-electron chi connectivity index (χ0n) is 20.8. The number of nitrogens with zero attached hydrogens (tertiary/aromatic N) is 1. The molecule has 6 nitrogen and oxygen atoms in total. The smallest absolute Gasteiger partial charge is 0.222 e. The van der Waals surface area contributed by atoms with Crippen molar-refractivity contribution in [2.24, 2.45) is 0 Å². The Bertz CT molecular complexity index is 1120. The van der Waals surface area contributed by atoms with Crippen molar-refractivity contribution in [2.45, 2.75) is 32.9 Å². The van der Waals surface area contributed by atoms with Crippen LogP contribution >= 0.6 is 0 Å². The molecule has 3 aromatic carbocycles. The van der Waals surface area contributed by atoms with Crippen molar-refractivity contribution in [2.75, 3.05) is 33.9 Å². The second-order valence-corrected chi connectivity index (χ2v) is 8.71. The molecule has 0 bridgehead atoms. The zero-order chi connectivity index (χ0) is 24.6. The van der Waals surface area contributed by atoms with Gasteiger partial charge in [-0.05, 0) is 35.6 Å². The van der Waals surface area contributed by atoms with Gasteiger partial charge in [-0.2, -0.15) is 0 Å². The molecule has 184 valence electrons. The Labute approximate surface area is 207 Å². The van der Waals surface area contributed by atoms with Gasteiger partial charge in [0.25, 0.3) is 0 Å². The minimum atomic E-state index is 0.244. The Kier molecular flexibility index (Phi) is 8.27. The quantitative estimate of drug-likeness (QED) is 0.398. The molecule has 3 aromatic rings. The molecular weight excluding hydrogens is 440 g/mol. The van der Waals surface area contributed by atoms with Crippen molar-refractivity contribution in [3.63, 3.8) is 0 Å². The van der Waals surface area contributed by atoms with Crippen LogP contribution in [0.25, 0.3) is 11.1 Å². The van der Waals surface area contributed by atoms with Crippen molar-refractivity contribution in [1.82, 2.24) is 10.2 Å². The van der Waals surface area contributed by atoms with Gasteiger partial charge in [0.05, 0.1) is 19.8 Å². The molecule has 35 heavy (non-hydrogen) atoms. The summed E-state index contributed by atoms with van der Waals surface area (Å²) in [6.45, 7) is 5.44. The minimum absolute atomic E-state index is 0.244. The first-order valence-electron chi connectivity index (χ1n) is 12.1. The van der Waals surface area contributed by atoms with Crippen LogP contribution < -0.4 is 19.5 Å².